The summed E-state index contributed by atoms with van der Waals surface area (Å²) in [6.45, 7) is 0. The van der Waals surface area contributed by atoms with Crippen LogP contribution in [0.4, 0.5) is 0 Å². The van der Waals surface area contributed by atoms with Crippen molar-refractivity contribution in [2.75, 3.05) is 0 Å². The molecule has 1 heterocycles. The Morgan fingerprint density at radius 2 is 1.57 bits per heavy atom. The largest absolute Gasteiger partial charge is 0.481 e. The summed E-state index contributed by atoms with van der Waals surface area (Å²) in [6, 6.07) is 20.7. The molecule has 0 radical (unpaired) electrons. The summed E-state index contributed by atoms with van der Waals surface area (Å²) in [4.78, 5) is 36.2. The second kappa shape index (κ2) is 8.21. The lowest BCUT2D eigenvalue weighted by molar-refractivity contribution is -0.137. The van der Waals surface area contributed by atoms with Gasteiger partial charge >= 0.3 is 5.97 Å². The van der Waals surface area contributed by atoms with Crippen LogP contribution >= 0.6 is 0 Å². The number of carbonyl (C=O) groups is 3. The van der Waals surface area contributed by atoms with Crippen molar-refractivity contribution in [1.29, 1.82) is 0 Å². The normalized spacial score (nSPS) is 12.0. The Kier molecular flexibility index (Phi) is 5.30. The van der Waals surface area contributed by atoms with Crippen molar-refractivity contribution in [2.45, 2.75) is 18.9 Å². The van der Waals surface area contributed by atoms with Crippen molar-refractivity contribution in [2.24, 2.45) is 0 Å². The predicted molar refractivity (Wildman–Crippen MR) is 112 cm³/mol. The third-order valence-corrected chi connectivity index (χ3v) is 5.00. The smallest absolute Gasteiger partial charge is 0.303 e. The standard InChI is InChI=1S/C24H19NO5/c26-22(27)13-11-19(25-24(29)23(28)15-6-2-1-3-7-15)16-10-12-21-18(14-16)17-8-4-5-9-20(17)30-21/h1-10,12,14,19H,11,13H2,(H,25,29)(H,26,27). The van der Waals surface area contributed by atoms with E-state index in [0.717, 1.165) is 16.4 Å². The highest BCUT2D eigenvalue weighted by molar-refractivity contribution is 6.42. The molecule has 4 aromatic rings. The van der Waals surface area contributed by atoms with Crippen LogP contribution in [0.25, 0.3) is 21.9 Å². The molecular formula is C24H19NO5. The van der Waals surface area contributed by atoms with E-state index in [1.807, 2.05) is 30.3 Å². The molecule has 2 N–H and O–H groups in total. The van der Waals surface area contributed by atoms with E-state index in [-0.39, 0.29) is 18.4 Å². The number of carboxylic acids is 1. The number of furan rings is 1. The van der Waals surface area contributed by atoms with Crippen molar-refractivity contribution in [3.05, 3.63) is 83.9 Å². The molecule has 3 aromatic carbocycles. The van der Waals surface area contributed by atoms with Gasteiger partial charge in [0, 0.05) is 22.8 Å². The lowest BCUT2D eigenvalue weighted by atomic mass is 9.99. The third-order valence-electron chi connectivity index (χ3n) is 5.00. The summed E-state index contributed by atoms with van der Waals surface area (Å²) in [5, 5.41) is 13.6. The zero-order valence-corrected chi connectivity index (χ0v) is 16.0. The molecule has 30 heavy (non-hydrogen) atoms. The summed E-state index contributed by atoms with van der Waals surface area (Å²) in [7, 11) is 0. The molecule has 150 valence electrons. The van der Waals surface area contributed by atoms with Crippen LogP contribution < -0.4 is 5.32 Å². The maximum atomic E-state index is 12.6. The van der Waals surface area contributed by atoms with Crippen LogP contribution in [0.15, 0.2) is 77.2 Å². The van der Waals surface area contributed by atoms with Crippen molar-refractivity contribution in [3.8, 4) is 0 Å². The number of fused-ring (bicyclic) bond motifs is 3. The summed E-state index contributed by atoms with van der Waals surface area (Å²) in [6.07, 6.45) is 0.0130. The monoisotopic (exact) mass is 401 g/mol. The first-order valence-corrected chi connectivity index (χ1v) is 9.56. The van der Waals surface area contributed by atoms with Gasteiger partial charge < -0.3 is 14.8 Å². The van der Waals surface area contributed by atoms with Gasteiger partial charge in [0.15, 0.2) is 0 Å². The number of hydrogen-bond acceptors (Lipinski definition) is 4. The van der Waals surface area contributed by atoms with Crippen molar-refractivity contribution >= 4 is 39.6 Å². The minimum Gasteiger partial charge on any atom is -0.481 e. The summed E-state index contributed by atoms with van der Waals surface area (Å²) < 4.78 is 5.83. The Hall–Kier alpha value is -3.93. The molecule has 6 nitrogen and oxygen atoms in total. The Morgan fingerprint density at radius 3 is 2.33 bits per heavy atom. The van der Waals surface area contributed by atoms with Gasteiger partial charge in [0.25, 0.3) is 5.91 Å². The van der Waals surface area contributed by atoms with E-state index in [9.17, 15) is 14.4 Å². The number of rotatable bonds is 7. The fraction of sp³-hybridized carbons (Fsp3) is 0.125. The number of nitrogens with one attached hydrogen (secondary N) is 1. The molecule has 4 rings (SSSR count). The maximum Gasteiger partial charge on any atom is 0.303 e. The van der Waals surface area contributed by atoms with Crippen molar-refractivity contribution < 1.29 is 23.9 Å². The molecule has 0 spiro atoms. The number of amides is 1. The zero-order valence-electron chi connectivity index (χ0n) is 16.0. The van der Waals surface area contributed by atoms with Crippen LogP contribution in [0.1, 0.15) is 34.8 Å². The molecule has 1 atom stereocenters. The maximum absolute atomic E-state index is 12.6. The van der Waals surface area contributed by atoms with Crippen LogP contribution in [0, 0.1) is 0 Å². The number of Topliss-reactive ketones (excluding diaryl/α,β-unsaturated/α-hetero) is 1. The second-order valence-electron chi connectivity index (χ2n) is 7.01. The highest BCUT2D eigenvalue weighted by Gasteiger charge is 2.22. The number of benzene rings is 3. The van der Waals surface area contributed by atoms with Gasteiger partial charge in [-0.1, -0.05) is 54.6 Å². The number of aliphatic carboxylic acids is 1. The van der Waals surface area contributed by atoms with Gasteiger partial charge in [-0.2, -0.15) is 0 Å². The molecule has 0 bridgehead atoms. The predicted octanol–water partition coefficient (Wildman–Crippen LogP) is 4.49. The average Bonchev–Trinajstić information content (AvgIpc) is 3.14. The fourth-order valence-electron chi connectivity index (χ4n) is 3.49. The molecule has 6 heteroatoms. The molecule has 0 aliphatic heterocycles. The van der Waals surface area contributed by atoms with Gasteiger partial charge in [-0.05, 0) is 30.2 Å². The van der Waals surface area contributed by atoms with E-state index in [4.69, 9.17) is 9.52 Å². The minimum atomic E-state index is -0.974. The Labute approximate surface area is 172 Å². The van der Waals surface area contributed by atoms with Crippen LogP contribution in [-0.2, 0) is 9.59 Å². The Balaban J connectivity index is 1.66. The lowest BCUT2D eigenvalue weighted by Crippen LogP contribution is -2.34. The number of hydrogen-bond donors (Lipinski definition) is 2. The molecular weight excluding hydrogens is 382 g/mol. The van der Waals surface area contributed by atoms with Crippen LogP contribution in [-0.4, -0.2) is 22.8 Å². The highest BCUT2D eigenvalue weighted by atomic mass is 16.4. The summed E-state index contributed by atoms with van der Waals surface area (Å²) in [5.74, 6) is -2.40. The van der Waals surface area contributed by atoms with Crippen molar-refractivity contribution in [1.82, 2.24) is 5.32 Å². The van der Waals surface area contributed by atoms with Crippen molar-refractivity contribution in [3.63, 3.8) is 0 Å². The molecule has 1 aromatic heterocycles. The van der Waals surface area contributed by atoms with E-state index < -0.39 is 23.7 Å². The molecule has 0 fully saturated rings. The SMILES string of the molecule is O=C(O)CCC(NC(=O)C(=O)c1ccccc1)c1ccc2oc3ccccc3c2c1. The number of ketones is 1. The minimum absolute atomic E-state index is 0.144. The first kappa shape index (κ1) is 19.4. The van der Waals surface area contributed by atoms with E-state index in [0.29, 0.717) is 11.1 Å². The van der Waals surface area contributed by atoms with Gasteiger partial charge in [0.1, 0.15) is 11.2 Å². The summed E-state index contributed by atoms with van der Waals surface area (Å²) in [5.41, 5.74) is 2.44. The lowest BCUT2D eigenvalue weighted by Gasteiger charge is -2.18. The number of carboxylic acid groups (broad SMARTS) is 1. The number of para-hydroxylation sites is 1. The molecule has 1 amide bonds. The Morgan fingerprint density at radius 1 is 0.867 bits per heavy atom. The quantitative estimate of drug-likeness (QED) is 0.351. The van der Waals surface area contributed by atoms with Crippen LogP contribution in [0.3, 0.4) is 0 Å². The first-order valence-electron chi connectivity index (χ1n) is 9.56. The van der Waals surface area contributed by atoms with Gasteiger partial charge in [-0.25, -0.2) is 0 Å². The first-order chi connectivity index (χ1) is 14.5. The second-order valence-corrected chi connectivity index (χ2v) is 7.01. The van der Waals surface area contributed by atoms with E-state index in [2.05, 4.69) is 5.32 Å². The fourth-order valence-corrected chi connectivity index (χ4v) is 3.49. The molecule has 0 saturated carbocycles. The number of carbonyl (C=O) groups excluding carboxylic acids is 2. The van der Waals surface area contributed by atoms with Gasteiger partial charge in [-0.3, -0.25) is 14.4 Å². The highest BCUT2D eigenvalue weighted by Crippen LogP contribution is 2.31. The molecule has 0 aliphatic rings. The molecule has 1 unspecified atom stereocenters. The topological polar surface area (TPSA) is 96.6 Å². The van der Waals surface area contributed by atoms with E-state index in [1.165, 1.54) is 0 Å². The van der Waals surface area contributed by atoms with E-state index in [1.54, 1.807) is 42.5 Å². The average molecular weight is 401 g/mol. The van der Waals surface area contributed by atoms with Crippen LogP contribution in [0.2, 0.25) is 0 Å². The zero-order chi connectivity index (χ0) is 21.1. The molecule has 0 aliphatic carbocycles. The van der Waals surface area contributed by atoms with Crippen LogP contribution in [0.5, 0.6) is 0 Å². The molecule has 0 saturated heterocycles. The van der Waals surface area contributed by atoms with Gasteiger partial charge in [-0.15, -0.1) is 0 Å². The third kappa shape index (κ3) is 3.93. The van der Waals surface area contributed by atoms with E-state index >= 15 is 0 Å². The summed E-state index contributed by atoms with van der Waals surface area (Å²) >= 11 is 0. The van der Waals surface area contributed by atoms with Gasteiger partial charge in [0.2, 0.25) is 5.78 Å². The van der Waals surface area contributed by atoms with Gasteiger partial charge in [0.05, 0.1) is 6.04 Å². The Bertz CT molecular complexity index is 1240.